The van der Waals surface area contributed by atoms with Gasteiger partial charge in [-0.25, -0.2) is 15.0 Å². The fraction of sp³-hybridized carbons (Fsp3) is 0.476. The van der Waals surface area contributed by atoms with Crippen molar-refractivity contribution in [1.82, 2.24) is 60.6 Å². The molecule has 3 aromatic heterocycles. The third-order valence-electron chi connectivity index (χ3n) is 17.8. The SMILES string of the molecule is CCc1cc(Nc2ncc(Br)c(Nc3ccc4nccnc4c3P(C)(C)=O)n2)c(OC)cc1N1CCN(C2CN(C(=O)c3cnc(C(=O)NC[C@@H](C)C(=O)N[C@H](C(=O)N4CCC[C@H]4C(=O)N[C@@H]4CCCc5ccccc54)C4CCCCC4)cn3)C2)CC1. The molecule has 3 saturated heterocycles. The van der Waals surface area contributed by atoms with E-state index >= 15 is 0 Å². The summed E-state index contributed by atoms with van der Waals surface area (Å²) in [5.74, 6) is -0.837. The van der Waals surface area contributed by atoms with E-state index < -0.39 is 31.1 Å². The minimum Gasteiger partial charge on any atom is -0.494 e. The molecule has 87 heavy (non-hydrogen) atoms. The minimum atomic E-state index is -2.81. The van der Waals surface area contributed by atoms with Gasteiger partial charge in [-0.3, -0.25) is 38.8 Å². The fourth-order valence-corrected chi connectivity index (χ4v) is 14.7. The summed E-state index contributed by atoms with van der Waals surface area (Å²) in [6.07, 6.45) is 16.9. The topological polar surface area (TPSA) is 262 Å². The van der Waals surface area contributed by atoms with Crippen LogP contribution in [0, 0.1) is 11.8 Å². The monoisotopic (exact) mass is 1270 g/mol. The van der Waals surface area contributed by atoms with Crippen LogP contribution in [0.5, 0.6) is 5.75 Å². The second-order valence-electron chi connectivity index (χ2n) is 23.9. The van der Waals surface area contributed by atoms with Gasteiger partial charge in [0, 0.05) is 88.7 Å². The summed E-state index contributed by atoms with van der Waals surface area (Å²) < 4.78 is 20.1. The van der Waals surface area contributed by atoms with Crippen LogP contribution >= 0.6 is 23.1 Å². The van der Waals surface area contributed by atoms with Crippen LogP contribution in [0.25, 0.3) is 11.0 Å². The maximum Gasteiger partial charge on any atom is 0.274 e. The Bertz CT molecular complexity index is 3590. The third-order valence-corrected chi connectivity index (χ3v) is 19.9. The van der Waals surface area contributed by atoms with Crippen LogP contribution in [0.1, 0.15) is 115 Å². The first-order chi connectivity index (χ1) is 42.0. The fourth-order valence-electron chi connectivity index (χ4n) is 13.0. The number of rotatable bonds is 19. The standard InChI is InChI=1S/C63H77BrN15O7P/c1-6-39-30-48(73-63-70-33-44(64)57(75-63)71-47-22-21-46-55(66-24-23-65-46)56(47)87(4,5)85)53(86-3)31-52(39)77-28-26-76(27-29-77)42-36-78(37-42)61(83)50-35-67-49(34-68-50)59(81)69-32-38(2)58(80)74-54(41-15-8-7-9-16-41)62(84)79-25-13-20-51(79)60(82)72-45-19-12-17-40-14-10-11-18-43(40)45/h10-11,14,18,21-24,30-31,33-35,38,41-42,45,51,54H,6-9,12-13,15-17,19-20,25-29,32,36-37H2,1-5H3,(H,69,81)(H,72,82)(H,74,80)(H2,70,71,73,75)/t38-,45-,51+,54+/m1/s1. The zero-order valence-corrected chi connectivity index (χ0v) is 52.5. The van der Waals surface area contributed by atoms with E-state index in [0.29, 0.717) is 82.2 Å². The number of ether oxygens (including phenoxy) is 1. The average Bonchev–Trinajstić information content (AvgIpc) is 4.09. The molecule has 4 atom stereocenters. The number of amides is 5. The van der Waals surface area contributed by atoms with Gasteiger partial charge in [0.2, 0.25) is 23.7 Å². The summed E-state index contributed by atoms with van der Waals surface area (Å²) in [7, 11) is -1.18. The van der Waals surface area contributed by atoms with Crippen molar-refractivity contribution < 1.29 is 33.3 Å². The Kier molecular flexibility index (Phi) is 18.8. The molecule has 6 aromatic rings. The normalized spacial score (nSPS) is 19.1. The predicted molar refractivity (Wildman–Crippen MR) is 338 cm³/mol. The van der Waals surface area contributed by atoms with Gasteiger partial charge in [-0.1, -0.05) is 57.4 Å². The highest BCUT2D eigenvalue weighted by molar-refractivity contribution is 9.10. The van der Waals surface area contributed by atoms with Crippen molar-refractivity contribution in [3.05, 3.63) is 112 Å². The first-order valence-electron chi connectivity index (χ1n) is 30.5. The van der Waals surface area contributed by atoms with Gasteiger partial charge in [-0.2, -0.15) is 4.98 Å². The zero-order valence-electron chi connectivity index (χ0n) is 50.1. The molecule has 0 radical (unpaired) electrons. The Morgan fingerprint density at radius 3 is 2.31 bits per heavy atom. The number of benzene rings is 3. The smallest absolute Gasteiger partial charge is 0.274 e. The van der Waals surface area contributed by atoms with Crippen molar-refractivity contribution in [2.24, 2.45) is 11.8 Å². The van der Waals surface area contributed by atoms with Crippen molar-refractivity contribution >= 4 is 97.8 Å². The number of aromatic nitrogens is 6. The molecular formula is C63H77BrN15O7P. The number of likely N-dealkylation sites (tertiary alicyclic amines) is 2. The van der Waals surface area contributed by atoms with Gasteiger partial charge < -0.3 is 50.6 Å². The number of nitrogens with zero attached hydrogens (tertiary/aromatic N) is 10. The van der Waals surface area contributed by atoms with E-state index in [1.807, 2.05) is 24.3 Å². The van der Waals surface area contributed by atoms with Crippen molar-refractivity contribution in [2.75, 3.05) is 88.3 Å². The highest BCUT2D eigenvalue weighted by Gasteiger charge is 2.42. The summed E-state index contributed by atoms with van der Waals surface area (Å²) in [6.45, 7) is 11.9. The summed E-state index contributed by atoms with van der Waals surface area (Å²) in [6, 6.07) is 14.7. The molecule has 3 aliphatic heterocycles. The largest absolute Gasteiger partial charge is 0.494 e. The molecule has 11 rings (SSSR count). The van der Waals surface area contributed by atoms with Crippen molar-refractivity contribution in [3.63, 3.8) is 0 Å². The molecule has 0 unspecified atom stereocenters. The van der Waals surface area contributed by atoms with Crippen molar-refractivity contribution in [1.29, 1.82) is 0 Å². The molecule has 22 nitrogen and oxygen atoms in total. The Morgan fingerprint density at radius 1 is 0.805 bits per heavy atom. The van der Waals surface area contributed by atoms with Crippen molar-refractivity contribution in [2.45, 2.75) is 109 Å². The molecule has 5 N–H and O–H groups in total. The molecule has 0 bridgehead atoms. The number of hydrogen-bond donors (Lipinski definition) is 5. The van der Waals surface area contributed by atoms with Crippen LogP contribution in [0.4, 0.5) is 28.8 Å². The van der Waals surface area contributed by atoms with Crippen LogP contribution in [-0.4, -0.2) is 165 Å². The Morgan fingerprint density at radius 2 is 1.56 bits per heavy atom. The van der Waals surface area contributed by atoms with Gasteiger partial charge in [0.1, 0.15) is 47.7 Å². The number of anilines is 5. The summed E-state index contributed by atoms with van der Waals surface area (Å²) in [5.41, 5.74) is 7.29. The number of fused-ring (bicyclic) bond motifs is 2. The maximum atomic E-state index is 14.5. The maximum absolute atomic E-state index is 14.5. The predicted octanol–water partition coefficient (Wildman–Crippen LogP) is 7.54. The highest BCUT2D eigenvalue weighted by atomic mass is 79.9. The Labute approximate surface area is 515 Å². The molecule has 1 saturated carbocycles. The molecule has 24 heteroatoms. The summed E-state index contributed by atoms with van der Waals surface area (Å²) in [5, 5.41) is 16.5. The van der Waals surface area contributed by atoms with E-state index in [-0.39, 0.29) is 59.6 Å². The van der Waals surface area contributed by atoms with Crippen LogP contribution in [0.3, 0.4) is 0 Å². The summed E-state index contributed by atoms with van der Waals surface area (Å²) in [4.78, 5) is 104. The lowest BCUT2D eigenvalue weighted by molar-refractivity contribution is -0.143. The van der Waals surface area contributed by atoms with Crippen LogP contribution in [0.15, 0.2) is 84.0 Å². The van der Waals surface area contributed by atoms with Gasteiger partial charge in [0.25, 0.3) is 11.8 Å². The van der Waals surface area contributed by atoms with Gasteiger partial charge in [-0.05, 0) is 121 Å². The number of halogens is 1. The summed E-state index contributed by atoms with van der Waals surface area (Å²) >= 11 is 3.59. The molecule has 4 fully saturated rings. The lowest BCUT2D eigenvalue weighted by atomic mass is 9.83. The average molecular weight is 1270 g/mol. The van der Waals surface area contributed by atoms with Crippen LogP contribution in [0.2, 0.25) is 0 Å². The van der Waals surface area contributed by atoms with E-state index in [1.54, 1.807) is 55.8 Å². The van der Waals surface area contributed by atoms with E-state index in [1.165, 1.54) is 18.0 Å². The van der Waals surface area contributed by atoms with E-state index in [9.17, 15) is 28.5 Å². The van der Waals surface area contributed by atoms with E-state index in [0.717, 1.165) is 101 Å². The number of hydrogen-bond acceptors (Lipinski definition) is 17. The number of carbonyl (C=O) groups is 5. The molecule has 6 heterocycles. The van der Waals surface area contributed by atoms with Crippen LogP contribution < -0.4 is 41.5 Å². The molecule has 5 aliphatic rings. The number of nitrogens with one attached hydrogen (secondary N) is 5. The Hall–Kier alpha value is -7.62. The zero-order chi connectivity index (χ0) is 60.9. The molecule has 3 aromatic carbocycles. The van der Waals surface area contributed by atoms with Gasteiger partial charge in [0.15, 0.2) is 0 Å². The molecule has 458 valence electrons. The molecular weight excluding hydrogens is 1190 g/mol. The molecule has 5 amide bonds. The molecule has 0 spiro atoms. The van der Waals surface area contributed by atoms with Gasteiger partial charge >= 0.3 is 0 Å². The van der Waals surface area contributed by atoms with Gasteiger partial charge in [-0.15, -0.1) is 0 Å². The number of piperazine rings is 1. The number of methoxy groups -OCH3 is 1. The highest BCUT2D eigenvalue weighted by Crippen LogP contribution is 2.42. The Balaban J connectivity index is 0.644. The first-order valence-corrected chi connectivity index (χ1v) is 33.9. The molecule has 2 aliphatic carbocycles. The second kappa shape index (κ2) is 26.8. The van der Waals surface area contributed by atoms with Crippen molar-refractivity contribution in [3.8, 4) is 5.75 Å². The van der Waals surface area contributed by atoms with Crippen LogP contribution in [-0.2, 0) is 31.8 Å². The number of aryl methyl sites for hydroxylation is 2. The lowest BCUT2D eigenvalue weighted by Gasteiger charge is -2.48. The number of carbonyl (C=O) groups excluding carboxylic acids is 5. The van der Waals surface area contributed by atoms with E-state index in [4.69, 9.17) is 9.72 Å². The minimum absolute atomic E-state index is 0.00976. The second-order valence-corrected chi connectivity index (χ2v) is 27.9. The van der Waals surface area contributed by atoms with E-state index in [2.05, 4.69) is 108 Å². The lowest BCUT2D eigenvalue weighted by Crippen LogP contribution is -2.64. The van der Waals surface area contributed by atoms with Gasteiger partial charge in [0.05, 0.1) is 58.1 Å². The first kappa shape index (κ1) is 61.0. The quantitative estimate of drug-likeness (QED) is 0.0491. The third kappa shape index (κ3) is 13.6.